The van der Waals surface area contributed by atoms with Crippen molar-refractivity contribution in [2.24, 2.45) is 7.05 Å². The summed E-state index contributed by atoms with van der Waals surface area (Å²) in [6.45, 7) is 4.69. The zero-order valence-corrected chi connectivity index (χ0v) is 22.9. The molecule has 3 aromatic heterocycles. The highest BCUT2D eigenvalue weighted by Gasteiger charge is 2.34. The van der Waals surface area contributed by atoms with Gasteiger partial charge in [-0.2, -0.15) is 15.2 Å². The van der Waals surface area contributed by atoms with Gasteiger partial charge in [-0.3, -0.25) is 4.79 Å². The number of nitrogens with two attached hydrogens (primary N) is 2. The van der Waals surface area contributed by atoms with Gasteiger partial charge in [-0.1, -0.05) is 0 Å². The van der Waals surface area contributed by atoms with Crippen LogP contribution in [0.1, 0.15) is 35.6 Å². The summed E-state index contributed by atoms with van der Waals surface area (Å²) in [6.07, 6.45) is 3.28. The van der Waals surface area contributed by atoms with E-state index in [1.807, 2.05) is 11.0 Å². The average molecular weight is 556 g/mol. The molecule has 210 valence electrons. The maximum Gasteiger partial charge on any atom is 0.253 e. The van der Waals surface area contributed by atoms with Crippen molar-refractivity contribution in [3.63, 3.8) is 0 Å². The zero-order chi connectivity index (χ0) is 28.8. The smallest absolute Gasteiger partial charge is 0.253 e. The predicted octanol–water partition coefficient (Wildman–Crippen LogP) is 3.05. The Balaban J connectivity index is 1.57. The SMILES string of the molecule is Cc1cc(-c2c(F)ccc3cc(C4CCCN4c4nc(N)nc(N)c4C#N)c(N4CCOCC4)nc23)cn(C)c1=O. The fraction of sp³-hybridized carbons (Fsp3) is 0.345. The Bertz CT molecular complexity index is 1750. The molecule has 6 rings (SSSR count). The number of pyridine rings is 2. The molecule has 1 atom stereocenters. The fourth-order valence-electron chi connectivity index (χ4n) is 5.93. The molecule has 0 spiro atoms. The van der Waals surface area contributed by atoms with Crippen molar-refractivity contribution in [2.75, 3.05) is 54.1 Å². The number of nitriles is 1. The normalized spacial score (nSPS) is 17.3. The molecule has 0 bridgehead atoms. The standard InChI is InChI=1S/C29H30FN9O2/c1-16-12-18(15-37(2)28(16)40)23-21(30)6-5-17-13-19(26(34-24(17)23)38-8-10-41-11-9-38)22-4-3-7-39(22)27-20(14-31)25(32)35-29(33)36-27/h5-6,12-13,15,22H,3-4,7-11H2,1-2H3,(H4,32,33,35,36). The number of benzene rings is 1. The van der Waals surface area contributed by atoms with Crippen LogP contribution in [-0.4, -0.2) is 52.4 Å². The number of fused-ring (bicyclic) bond motifs is 1. The molecule has 2 aliphatic heterocycles. The van der Waals surface area contributed by atoms with Gasteiger partial charge in [0.2, 0.25) is 5.95 Å². The number of nitrogen functional groups attached to an aromatic ring is 2. The van der Waals surface area contributed by atoms with Crippen molar-refractivity contribution in [3.8, 4) is 17.2 Å². The van der Waals surface area contributed by atoms with Gasteiger partial charge in [-0.05, 0) is 44.0 Å². The molecule has 1 aromatic carbocycles. The van der Waals surface area contributed by atoms with E-state index in [0.717, 1.165) is 29.6 Å². The van der Waals surface area contributed by atoms with Gasteiger partial charge in [0.1, 0.15) is 29.1 Å². The number of halogens is 1. The first-order valence-electron chi connectivity index (χ1n) is 13.5. The van der Waals surface area contributed by atoms with Crippen molar-refractivity contribution in [3.05, 3.63) is 63.3 Å². The van der Waals surface area contributed by atoms with Crippen LogP contribution in [0.15, 0.2) is 35.3 Å². The van der Waals surface area contributed by atoms with Crippen LogP contribution < -0.4 is 26.8 Å². The first-order chi connectivity index (χ1) is 19.8. The molecule has 11 nitrogen and oxygen atoms in total. The fourth-order valence-corrected chi connectivity index (χ4v) is 5.93. The average Bonchev–Trinajstić information content (AvgIpc) is 3.45. The van der Waals surface area contributed by atoms with Crippen LogP contribution in [0.5, 0.6) is 0 Å². The summed E-state index contributed by atoms with van der Waals surface area (Å²) < 4.78 is 22.6. The van der Waals surface area contributed by atoms with E-state index in [2.05, 4.69) is 20.9 Å². The second-order valence-corrected chi connectivity index (χ2v) is 10.5. The van der Waals surface area contributed by atoms with Gasteiger partial charge < -0.3 is 30.6 Å². The first-order valence-corrected chi connectivity index (χ1v) is 13.5. The molecule has 0 saturated carbocycles. The molecule has 41 heavy (non-hydrogen) atoms. The number of nitrogens with zero attached hydrogens (tertiary/aromatic N) is 7. The van der Waals surface area contributed by atoms with E-state index in [9.17, 15) is 10.1 Å². The molecule has 2 saturated heterocycles. The van der Waals surface area contributed by atoms with Crippen molar-refractivity contribution in [2.45, 2.75) is 25.8 Å². The quantitative estimate of drug-likeness (QED) is 0.384. The van der Waals surface area contributed by atoms with Gasteiger partial charge in [-0.25, -0.2) is 9.37 Å². The molecule has 5 heterocycles. The molecule has 4 N–H and O–H groups in total. The van der Waals surface area contributed by atoms with E-state index in [0.29, 0.717) is 60.9 Å². The summed E-state index contributed by atoms with van der Waals surface area (Å²) in [4.78, 5) is 30.1. The molecule has 4 aromatic rings. The second kappa shape index (κ2) is 10.3. The van der Waals surface area contributed by atoms with Crippen molar-refractivity contribution in [1.29, 1.82) is 5.26 Å². The number of hydrogen-bond donors (Lipinski definition) is 2. The zero-order valence-electron chi connectivity index (χ0n) is 22.9. The minimum absolute atomic E-state index is 0.000129. The molecular formula is C29H30FN9O2. The van der Waals surface area contributed by atoms with Crippen LogP contribution in [0, 0.1) is 24.1 Å². The lowest BCUT2D eigenvalue weighted by Crippen LogP contribution is -2.38. The Morgan fingerprint density at radius 2 is 1.88 bits per heavy atom. The number of anilines is 4. The van der Waals surface area contributed by atoms with Crippen molar-refractivity contribution < 1.29 is 9.13 Å². The lowest BCUT2D eigenvalue weighted by Gasteiger charge is -2.34. The Hall–Kier alpha value is -4.76. The van der Waals surface area contributed by atoms with Crippen LogP contribution >= 0.6 is 0 Å². The van der Waals surface area contributed by atoms with Crippen LogP contribution in [0.4, 0.5) is 27.8 Å². The van der Waals surface area contributed by atoms with Crippen LogP contribution in [0.3, 0.4) is 0 Å². The molecule has 2 fully saturated rings. The summed E-state index contributed by atoms with van der Waals surface area (Å²) in [5.41, 5.74) is 14.9. The molecular weight excluding hydrogens is 525 g/mol. The topological polar surface area (TPSA) is 152 Å². The van der Waals surface area contributed by atoms with Gasteiger partial charge in [0, 0.05) is 60.5 Å². The molecule has 0 amide bonds. The number of aromatic nitrogens is 4. The number of rotatable bonds is 4. The molecule has 0 radical (unpaired) electrons. The van der Waals surface area contributed by atoms with E-state index in [1.54, 1.807) is 32.3 Å². The Labute approximate surface area is 235 Å². The van der Waals surface area contributed by atoms with Gasteiger partial charge in [-0.15, -0.1) is 0 Å². The highest BCUT2D eigenvalue weighted by atomic mass is 19.1. The predicted molar refractivity (Wildman–Crippen MR) is 155 cm³/mol. The molecule has 12 heteroatoms. The minimum atomic E-state index is -0.420. The minimum Gasteiger partial charge on any atom is -0.382 e. The lowest BCUT2D eigenvalue weighted by atomic mass is 9.97. The van der Waals surface area contributed by atoms with Crippen LogP contribution in [0.2, 0.25) is 0 Å². The van der Waals surface area contributed by atoms with E-state index >= 15 is 4.39 Å². The number of ether oxygens (including phenoxy) is 1. The van der Waals surface area contributed by atoms with E-state index < -0.39 is 5.82 Å². The van der Waals surface area contributed by atoms with Crippen molar-refractivity contribution >= 4 is 34.3 Å². The summed E-state index contributed by atoms with van der Waals surface area (Å²) in [5, 5.41) is 10.6. The summed E-state index contributed by atoms with van der Waals surface area (Å²) in [6, 6.07) is 8.87. The highest BCUT2D eigenvalue weighted by molar-refractivity contribution is 5.95. The summed E-state index contributed by atoms with van der Waals surface area (Å²) >= 11 is 0. The van der Waals surface area contributed by atoms with Crippen molar-refractivity contribution in [1.82, 2.24) is 19.5 Å². The number of morpholine rings is 1. The Morgan fingerprint density at radius 3 is 2.61 bits per heavy atom. The van der Waals surface area contributed by atoms with Gasteiger partial charge in [0.05, 0.1) is 24.8 Å². The van der Waals surface area contributed by atoms with E-state index in [-0.39, 0.29) is 28.9 Å². The maximum absolute atomic E-state index is 15.5. The summed E-state index contributed by atoms with van der Waals surface area (Å²) in [7, 11) is 1.66. The van der Waals surface area contributed by atoms with E-state index in [4.69, 9.17) is 21.2 Å². The monoisotopic (exact) mass is 555 g/mol. The largest absolute Gasteiger partial charge is 0.382 e. The highest BCUT2D eigenvalue weighted by Crippen LogP contribution is 2.43. The molecule has 0 aliphatic carbocycles. The second-order valence-electron chi connectivity index (χ2n) is 10.5. The maximum atomic E-state index is 15.5. The van der Waals surface area contributed by atoms with Crippen LogP contribution in [0.25, 0.3) is 22.0 Å². The lowest BCUT2D eigenvalue weighted by molar-refractivity contribution is 0.122. The van der Waals surface area contributed by atoms with E-state index in [1.165, 1.54) is 10.6 Å². The number of hydrogen-bond acceptors (Lipinski definition) is 10. The third-order valence-electron chi connectivity index (χ3n) is 7.84. The van der Waals surface area contributed by atoms with Gasteiger partial charge in [0.25, 0.3) is 5.56 Å². The summed E-state index contributed by atoms with van der Waals surface area (Å²) in [5.74, 6) is 0.739. The van der Waals surface area contributed by atoms with Gasteiger partial charge >= 0.3 is 0 Å². The Kier molecular flexibility index (Phi) is 6.67. The third-order valence-corrected chi connectivity index (χ3v) is 7.84. The first kappa shape index (κ1) is 26.5. The molecule has 2 aliphatic rings. The Morgan fingerprint density at radius 1 is 1.10 bits per heavy atom. The third kappa shape index (κ3) is 4.58. The van der Waals surface area contributed by atoms with Crippen LogP contribution in [-0.2, 0) is 11.8 Å². The number of aryl methyl sites for hydroxylation is 2. The molecule has 1 unspecified atom stereocenters. The van der Waals surface area contributed by atoms with Gasteiger partial charge in [0.15, 0.2) is 5.82 Å².